The largest absolute Gasteiger partial charge is 0.477 e. The van der Waals surface area contributed by atoms with E-state index in [0.717, 1.165) is 6.07 Å². The second-order valence-electron chi connectivity index (χ2n) is 4.72. The van der Waals surface area contributed by atoms with E-state index in [-0.39, 0.29) is 11.6 Å². The molecule has 1 N–H and O–H groups in total. The number of carbonyl (C=O) groups is 1. The first-order valence-electron chi connectivity index (χ1n) is 6.08. The van der Waals surface area contributed by atoms with Gasteiger partial charge in [-0.1, -0.05) is 13.8 Å². The Morgan fingerprint density at radius 3 is 2.62 bits per heavy atom. The van der Waals surface area contributed by atoms with Gasteiger partial charge in [-0.2, -0.15) is 5.10 Å². The Morgan fingerprint density at radius 2 is 2.14 bits per heavy atom. The van der Waals surface area contributed by atoms with Gasteiger partial charge < -0.3 is 5.11 Å². The van der Waals surface area contributed by atoms with E-state index in [4.69, 9.17) is 5.11 Å². The summed E-state index contributed by atoms with van der Waals surface area (Å²) < 4.78 is 15.2. The summed E-state index contributed by atoms with van der Waals surface area (Å²) in [6.45, 7) is 3.81. The minimum absolute atomic E-state index is 0.117. The number of benzene rings is 1. The maximum atomic E-state index is 14.0. The van der Waals surface area contributed by atoms with E-state index in [9.17, 15) is 19.3 Å². The van der Waals surface area contributed by atoms with Crippen molar-refractivity contribution in [2.75, 3.05) is 0 Å². The van der Waals surface area contributed by atoms with Crippen LogP contribution in [0.15, 0.2) is 24.4 Å². The van der Waals surface area contributed by atoms with Gasteiger partial charge in [0.05, 0.1) is 16.7 Å². The molecular formula is C13H12FN3O4. The smallest absolute Gasteiger partial charge is 0.342 e. The van der Waals surface area contributed by atoms with Crippen LogP contribution in [0.25, 0.3) is 5.69 Å². The summed E-state index contributed by atoms with van der Waals surface area (Å²) in [5.41, 5.74) is -0.826. The molecule has 110 valence electrons. The van der Waals surface area contributed by atoms with Gasteiger partial charge >= 0.3 is 5.97 Å². The number of aromatic nitrogens is 2. The number of nitrogens with zero attached hydrogens (tertiary/aromatic N) is 3. The van der Waals surface area contributed by atoms with Gasteiger partial charge in [0.25, 0.3) is 5.69 Å². The first-order valence-corrected chi connectivity index (χ1v) is 6.08. The Labute approximate surface area is 118 Å². The maximum absolute atomic E-state index is 14.0. The van der Waals surface area contributed by atoms with Gasteiger partial charge in [-0.3, -0.25) is 10.1 Å². The van der Waals surface area contributed by atoms with E-state index < -0.39 is 28.0 Å². The number of carboxylic acid groups (broad SMARTS) is 1. The van der Waals surface area contributed by atoms with E-state index in [1.807, 2.05) is 13.8 Å². The van der Waals surface area contributed by atoms with Crippen molar-refractivity contribution in [3.05, 3.63) is 51.6 Å². The van der Waals surface area contributed by atoms with Crippen LogP contribution in [0.5, 0.6) is 0 Å². The quantitative estimate of drug-likeness (QED) is 0.690. The van der Waals surface area contributed by atoms with Crippen LogP contribution in [-0.4, -0.2) is 25.8 Å². The predicted octanol–water partition coefficient (Wildman–Crippen LogP) is 2.74. The predicted molar refractivity (Wildman–Crippen MR) is 71.2 cm³/mol. The Kier molecular flexibility index (Phi) is 3.70. The zero-order chi connectivity index (χ0) is 15.7. The average molecular weight is 293 g/mol. The summed E-state index contributed by atoms with van der Waals surface area (Å²) in [5.74, 6) is -2.30. The maximum Gasteiger partial charge on any atom is 0.342 e. The zero-order valence-corrected chi connectivity index (χ0v) is 11.3. The fraction of sp³-hybridized carbons (Fsp3) is 0.231. The first kappa shape index (κ1) is 14.6. The van der Waals surface area contributed by atoms with Gasteiger partial charge in [-0.05, 0) is 18.1 Å². The van der Waals surface area contributed by atoms with Crippen LogP contribution < -0.4 is 0 Å². The second kappa shape index (κ2) is 5.31. The van der Waals surface area contributed by atoms with Crippen molar-refractivity contribution in [3.8, 4) is 5.69 Å². The van der Waals surface area contributed by atoms with Gasteiger partial charge in [0, 0.05) is 6.20 Å². The number of hydrogen-bond donors (Lipinski definition) is 1. The molecule has 7 nitrogen and oxygen atoms in total. The van der Waals surface area contributed by atoms with Crippen molar-refractivity contribution in [2.24, 2.45) is 0 Å². The van der Waals surface area contributed by atoms with Crippen LogP contribution in [0.1, 0.15) is 35.8 Å². The third-order valence-electron chi connectivity index (χ3n) is 2.94. The highest BCUT2D eigenvalue weighted by Gasteiger charge is 2.24. The third kappa shape index (κ3) is 2.73. The molecule has 0 amide bonds. The Morgan fingerprint density at radius 1 is 1.48 bits per heavy atom. The molecule has 0 aliphatic rings. The minimum atomic E-state index is -1.50. The van der Waals surface area contributed by atoms with Crippen molar-refractivity contribution >= 4 is 11.7 Å². The molecule has 0 bridgehead atoms. The lowest BCUT2D eigenvalue weighted by Crippen LogP contribution is -2.08. The highest BCUT2D eigenvalue weighted by Crippen LogP contribution is 2.25. The number of hydrogen-bond acceptors (Lipinski definition) is 4. The Hall–Kier alpha value is -2.77. The Bertz CT molecular complexity index is 724. The number of rotatable bonds is 4. The van der Waals surface area contributed by atoms with Crippen LogP contribution in [0.4, 0.5) is 10.1 Å². The SMILES string of the molecule is CC(C)c1ccn(-c2cc(C(=O)O)c([N+](=O)[O-])cc2F)n1. The van der Waals surface area contributed by atoms with Crippen LogP contribution >= 0.6 is 0 Å². The summed E-state index contributed by atoms with van der Waals surface area (Å²) >= 11 is 0. The normalized spacial score (nSPS) is 10.9. The Balaban J connectivity index is 2.61. The minimum Gasteiger partial charge on any atom is -0.477 e. The molecular weight excluding hydrogens is 281 g/mol. The molecule has 8 heteroatoms. The highest BCUT2D eigenvalue weighted by atomic mass is 19.1. The van der Waals surface area contributed by atoms with Crippen molar-refractivity contribution in [3.63, 3.8) is 0 Å². The number of nitro benzene ring substituents is 1. The lowest BCUT2D eigenvalue weighted by molar-refractivity contribution is -0.385. The van der Waals surface area contributed by atoms with Gasteiger partial charge in [-0.15, -0.1) is 0 Å². The summed E-state index contributed by atoms with van der Waals surface area (Å²) in [6, 6.07) is 3.17. The lowest BCUT2D eigenvalue weighted by atomic mass is 10.1. The molecule has 0 aliphatic heterocycles. The molecule has 2 rings (SSSR count). The number of aromatic carboxylic acids is 1. The number of halogens is 1. The van der Waals surface area contributed by atoms with E-state index in [1.54, 1.807) is 6.07 Å². The van der Waals surface area contributed by atoms with Crippen LogP contribution in [0.2, 0.25) is 0 Å². The van der Waals surface area contributed by atoms with Crippen molar-refractivity contribution in [1.29, 1.82) is 0 Å². The highest BCUT2D eigenvalue weighted by molar-refractivity contribution is 5.93. The standard InChI is InChI=1S/C13H12FN3O4/c1-7(2)10-3-4-16(15-10)12-5-8(13(18)19)11(17(20)21)6-9(12)14/h3-7H,1-2H3,(H,18,19). The van der Waals surface area contributed by atoms with Gasteiger partial charge in [-0.25, -0.2) is 13.9 Å². The van der Waals surface area contributed by atoms with E-state index in [2.05, 4.69) is 5.10 Å². The van der Waals surface area contributed by atoms with E-state index in [0.29, 0.717) is 11.8 Å². The van der Waals surface area contributed by atoms with Crippen LogP contribution in [-0.2, 0) is 0 Å². The van der Waals surface area contributed by atoms with Gasteiger partial charge in [0.2, 0.25) is 0 Å². The summed E-state index contributed by atoms with van der Waals surface area (Å²) in [5, 5.41) is 23.9. The molecule has 0 radical (unpaired) electrons. The van der Waals surface area contributed by atoms with Crippen molar-refractivity contribution < 1.29 is 19.2 Å². The zero-order valence-electron chi connectivity index (χ0n) is 11.3. The van der Waals surface area contributed by atoms with E-state index in [1.165, 1.54) is 10.9 Å². The summed E-state index contributed by atoms with van der Waals surface area (Å²) in [4.78, 5) is 20.9. The van der Waals surface area contributed by atoms with Crippen molar-refractivity contribution in [1.82, 2.24) is 9.78 Å². The molecule has 21 heavy (non-hydrogen) atoms. The molecule has 0 saturated heterocycles. The van der Waals surface area contributed by atoms with Crippen LogP contribution in [0, 0.1) is 15.9 Å². The van der Waals surface area contributed by atoms with Gasteiger partial charge in [0.15, 0.2) is 5.82 Å². The molecule has 1 heterocycles. The third-order valence-corrected chi connectivity index (χ3v) is 2.94. The molecule has 0 unspecified atom stereocenters. The molecule has 2 aromatic rings. The average Bonchev–Trinajstić information content (AvgIpc) is 2.87. The summed E-state index contributed by atoms with van der Waals surface area (Å²) in [7, 11) is 0. The fourth-order valence-electron chi connectivity index (χ4n) is 1.83. The van der Waals surface area contributed by atoms with Gasteiger partial charge in [0.1, 0.15) is 11.3 Å². The van der Waals surface area contributed by atoms with E-state index >= 15 is 0 Å². The molecule has 0 atom stereocenters. The first-order chi connectivity index (χ1) is 9.81. The summed E-state index contributed by atoms with van der Waals surface area (Å²) in [6.07, 6.45) is 1.48. The fourth-order valence-corrected chi connectivity index (χ4v) is 1.83. The lowest BCUT2D eigenvalue weighted by Gasteiger charge is -2.06. The molecule has 0 aliphatic carbocycles. The molecule has 0 spiro atoms. The molecule has 0 fully saturated rings. The molecule has 1 aromatic heterocycles. The number of carboxylic acids is 1. The monoisotopic (exact) mass is 293 g/mol. The van der Waals surface area contributed by atoms with Crippen molar-refractivity contribution in [2.45, 2.75) is 19.8 Å². The topological polar surface area (TPSA) is 98.3 Å². The second-order valence-corrected chi connectivity index (χ2v) is 4.72. The van der Waals surface area contributed by atoms with Crippen LogP contribution in [0.3, 0.4) is 0 Å². The molecule has 1 aromatic carbocycles. The molecule has 0 saturated carbocycles. The number of nitro groups is 1.